The molecule has 0 radical (unpaired) electrons. The lowest BCUT2D eigenvalue weighted by atomic mass is 10.3. The zero-order chi connectivity index (χ0) is 11.8. The van der Waals surface area contributed by atoms with Gasteiger partial charge in [0.2, 0.25) is 0 Å². The minimum Gasteiger partial charge on any atom is -0.312 e. The first kappa shape index (κ1) is 16.5. The second-order valence-corrected chi connectivity index (χ2v) is 4.98. The van der Waals surface area contributed by atoms with Crippen LogP contribution in [0.3, 0.4) is 0 Å². The zero-order valence-electron chi connectivity index (χ0n) is 9.77. The summed E-state index contributed by atoms with van der Waals surface area (Å²) in [4.78, 5) is 8.24. The minimum atomic E-state index is -3.65. The zero-order valence-corrected chi connectivity index (χ0v) is 10.7. The summed E-state index contributed by atoms with van der Waals surface area (Å²) in [5.41, 5.74) is 0. The Hall–Kier alpha value is 0.0700. The molecule has 0 aliphatic rings. The highest BCUT2D eigenvalue weighted by Crippen LogP contribution is 2.40. The molecule has 2 N–H and O–H groups in total. The van der Waals surface area contributed by atoms with Gasteiger partial charge >= 0.3 is 7.82 Å². The van der Waals surface area contributed by atoms with Crippen molar-refractivity contribution in [3.8, 4) is 0 Å². The lowest BCUT2D eigenvalue weighted by molar-refractivity contribution is 0.204. The molecule has 0 spiro atoms. The molecule has 6 heteroatoms. The van der Waals surface area contributed by atoms with E-state index >= 15 is 0 Å². The van der Waals surface area contributed by atoms with Crippen LogP contribution in [0.2, 0.25) is 0 Å². The molecule has 0 aromatic rings. The van der Waals surface area contributed by atoms with Crippen molar-refractivity contribution >= 4 is 7.82 Å². The van der Waals surface area contributed by atoms with Gasteiger partial charge in [-0.3, -0.25) is 9.05 Å². The van der Waals surface area contributed by atoms with Crippen molar-refractivity contribution in [1.29, 1.82) is 0 Å². The summed E-state index contributed by atoms with van der Waals surface area (Å²) in [7, 11) is -1.45. The van der Waals surface area contributed by atoms with E-state index in [1.165, 1.54) is 0 Å². The maximum absolute atomic E-state index is 10.1. The summed E-state index contributed by atoms with van der Waals surface area (Å²) in [6.45, 7) is 8.61. The highest BCUT2D eigenvalue weighted by Gasteiger charge is 2.13. The Morgan fingerprint density at radius 3 is 1.36 bits per heavy atom. The van der Waals surface area contributed by atoms with E-state index in [1.807, 2.05) is 0 Å². The largest absolute Gasteiger partial charge is 0.471 e. The quantitative estimate of drug-likeness (QED) is 0.716. The summed E-state index contributed by atoms with van der Waals surface area (Å²) in [5, 5.41) is 3.31. The van der Waals surface area contributed by atoms with E-state index in [9.17, 15) is 4.57 Å². The molecule has 0 aromatic heterocycles. The van der Waals surface area contributed by atoms with E-state index in [-0.39, 0.29) is 0 Å². The SMILES string of the molecule is CC(C)NC(C)C.COP(=O)(O)OC. The van der Waals surface area contributed by atoms with E-state index < -0.39 is 7.82 Å². The van der Waals surface area contributed by atoms with E-state index in [2.05, 4.69) is 42.1 Å². The van der Waals surface area contributed by atoms with Gasteiger partial charge in [0.1, 0.15) is 0 Å². The van der Waals surface area contributed by atoms with Crippen LogP contribution in [0.4, 0.5) is 0 Å². The summed E-state index contributed by atoms with van der Waals surface area (Å²) in [6.07, 6.45) is 0. The van der Waals surface area contributed by atoms with Crippen LogP contribution in [-0.2, 0) is 13.6 Å². The predicted molar refractivity (Wildman–Crippen MR) is 57.3 cm³/mol. The highest BCUT2D eigenvalue weighted by atomic mass is 31.2. The number of rotatable bonds is 4. The third kappa shape index (κ3) is 14.6. The fourth-order valence-corrected chi connectivity index (χ4v) is 0.890. The van der Waals surface area contributed by atoms with Crippen LogP contribution in [0.25, 0.3) is 0 Å². The number of phosphoric acid groups is 1. The molecule has 0 heterocycles. The van der Waals surface area contributed by atoms with Crippen LogP contribution >= 0.6 is 7.82 Å². The van der Waals surface area contributed by atoms with Gasteiger partial charge in [0.15, 0.2) is 0 Å². The van der Waals surface area contributed by atoms with Crippen molar-refractivity contribution in [3.63, 3.8) is 0 Å². The first-order valence-corrected chi connectivity index (χ1v) is 5.95. The Kier molecular flexibility index (Phi) is 9.88. The summed E-state index contributed by atoms with van der Waals surface area (Å²) < 4.78 is 18.0. The molecule has 14 heavy (non-hydrogen) atoms. The molecule has 0 bridgehead atoms. The summed E-state index contributed by atoms with van der Waals surface area (Å²) in [5.74, 6) is 0. The Labute approximate surface area is 86.4 Å². The molecular formula is C8H22NO4P. The van der Waals surface area contributed by atoms with Gasteiger partial charge in [-0.25, -0.2) is 4.57 Å². The van der Waals surface area contributed by atoms with Crippen LogP contribution in [0.15, 0.2) is 0 Å². The molecule has 0 saturated heterocycles. The van der Waals surface area contributed by atoms with Gasteiger partial charge in [0.25, 0.3) is 0 Å². The Bertz CT molecular complexity index is 159. The van der Waals surface area contributed by atoms with Gasteiger partial charge in [0.05, 0.1) is 0 Å². The molecule has 0 unspecified atom stereocenters. The Balaban J connectivity index is 0. The first-order chi connectivity index (χ1) is 6.25. The molecule has 0 aromatic carbocycles. The third-order valence-corrected chi connectivity index (χ3v) is 2.05. The second kappa shape index (κ2) is 8.38. The highest BCUT2D eigenvalue weighted by molar-refractivity contribution is 7.47. The number of phosphoric ester groups is 1. The average Bonchev–Trinajstić information content (AvgIpc) is 2.03. The van der Waals surface area contributed by atoms with E-state index in [0.29, 0.717) is 12.1 Å². The number of hydrogen-bond donors (Lipinski definition) is 2. The second-order valence-electron chi connectivity index (χ2n) is 3.31. The minimum absolute atomic E-state index is 0.625. The van der Waals surface area contributed by atoms with E-state index in [0.717, 1.165) is 14.2 Å². The normalized spacial score (nSPS) is 11.5. The van der Waals surface area contributed by atoms with Crippen LogP contribution in [0.5, 0.6) is 0 Å². The monoisotopic (exact) mass is 227 g/mol. The summed E-state index contributed by atoms with van der Waals surface area (Å²) in [6, 6.07) is 1.25. The van der Waals surface area contributed by atoms with Crippen LogP contribution in [-0.4, -0.2) is 31.2 Å². The Morgan fingerprint density at radius 1 is 1.07 bits per heavy atom. The molecule has 0 atom stereocenters. The third-order valence-electron chi connectivity index (χ3n) is 1.13. The van der Waals surface area contributed by atoms with Crippen molar-refractivity contribution in [2.75, 3.05) is 14.2 Å². The Morgan fingerprint density at radius 2 is 1.36 bits per heavy atom. The van der Waals surface area contributed by atoms with Crippen molar-refractivity contribution in [2.24, 2.45) is 0 Å². The topological polar surface area (TPSA) is 67.8 Å². The maximum atomic E-state index is 10.1. The summed E-state index contributed by atoms with van der Waals surface area (Å²) >= 11 is 0. The molecule has 88 valence electrons. The van der Waals surface area contributed by atoms with Crippen LogP contribution in [0, 0.1) is 0 Å². The lowest BCUT2D eigenvalue weighted by Gasteiger charge is -2.10. The van der Waals surface area contributed by atoms with Crippen molar-refractivity contribution in [2.45, 2.75) is 39.8 Å². The first-order valence-electron chi connectivity index (χ1n) is 4.45. The molecule has 5 nitrogen and oxygen atoms in total. The fourth-order valence-electron chi connectivity index (χ4n) is 0.741. The number of hydrogen-bond acceptors (Lipinski definition) is 4. The van der Waals surface area contributed by atoms with Gasteiger partial charge in [-0.1, -0.05) is 27.7 Å². The van der Waals surface area contributed by atoms with E-state index in [4.69, 9.17) is 4.89 Å². The molecule has 0 aliphatic heterocycles. The fraction of sp³-hybridized carbons (Fsp3) is 1.00. The van der Waals surface area contributed by atoms with E-state index in [1.54, 1.807) is 0 Å². The predicted octanol–water partition coefficient (Wildman–Crippen LogP) is 1.77. The van der Waals surface area contributed by atoms with Gasteiger partial charge in [-0.05, 0) is 0 Å². The van der Waals surface area contributed by atoms with Gasteiger partial charge < -0.3 is 10.2 Å². The molecule has 0 aliphatic carbocycles. The van der Waals surface area contributed by atoms with Crippen LogP contribution in [0.1, 0.15) is 27.7 Å². The number of nitrogens with one attached hydrogen (secondary N) is 1. The van der Waals surface area contributed by atoms with Crippen molar-refractivity contribution in [3.05, 3.63) is 0 Å². The van der Waals surface area contributed by atoms with Crippen molar-refractivity contribution in [1.82, 2.24) is 5.32 Å². The lowest BCUT2D eigenvalue weighted by Crippen LogP contribution is -2.29. The standard InChI is InChI=1S/C6H15N.C2H7O4P/c1-5(2)7-6(3)4;1-5-7(3,4)6-2/h5-7H,1-4H3;1-2H3,(H,3,4). The van der Waals surface area contributed by atoms with Crippen molar-refractivity contribution < 1.29 is 18.5 Å². The van der Waals surface area contributed by atoms with Crippen LogP contribution < -0.4 is 5.32 Å². The average molecular weight is 227 g/mol. The smallest absolute Gasteiger partial charge is 0.312 e. The van der Waals surface area contributed by atoms with Gasteiger partial charge in [-0.2, -0.15) is 0 Å². The van der Waals surface area contributed by atoms with Gasteiger partial charge in [-0.15, -0.1) is 0 Å². The molecule has 0 amide bonds. The maximum Gasteiger partial charge on any atom is 0.471 e. The molecule has 0 saturated carbocycles. The van der Waals surface area contributed by atoms with Gasteiger partial charge in [0, 0.05) is 26.3 Å². The molecular weight excluding hydrogens is 205 g/mol. The molecule has 0 rings (SSSR count). The molecule has 0 fully saturated rings.